The standard InChI is InChI=1S/C21H23NO4/c1-14-12-17-6-4-5-7-19(17)22(14)21(24)15(2)26-20(23)13-16-8-10-18(25-3)11-9-16/h4-11,14-15H,12-13H2,1-3H3/t14-,15+/m0/s1. The minimum Gasteiger partial charge on any atom is -0.497 e. The molecule has 26 heavy (non-hydrogen) atoms. The first-order valence-electron chi connectivity index (χ1n) is 8.73. The Bertz CT molecular complexity index is 800. The van der Waals surface area contributed by atoms with Gasteiger partial charge in [-0.25, -0.2) is 0 Å². The first kappa shape index (κ1) is 18.0. The second-order valence-corrected chi connectivity index (χ2v) is 6.55. The minimum atomic E-state index is -0.825. The summed E-state index contributed by atoms with van der Waals surface area (Å²) in [6.07, 6.45) is 0.108. The molecule has 3 rings (SSSR count). The lowest BCUT2D eigenvalue weighted by Crippen LogP contribution is -2.43. The third kappa shape index (κ3) is 3.72. The summed E-state index contributed by atoms with van der Waals surface area (Å²) in [6, 6.07) is 15.1. The van der Waals surface area contributed by atoms with Crippen LogP contribution in [-0.4, -0.2) is 31.1 Å². The Morgan fingerprint density at radius 1 is 1.15 bits per heavy atom. The van der Waals surface area contributed by atoms with Crippen LogP contribution in [0.2, 0.25) is 0 Å². The van der Waals surface area contributed by atoms with Crippen molar-refractivity contribution in [2.24, 2.45) is 0 Å². The maximum Gasteiger partial charge on any atom is 0.311 e. The molecule has 0 bridgehead atoms. The molecule has 0 radical (unpaired) electrons. The van der Waals surface area contributed by atoms with E-state index in [0.29, 0.717) is 0 Å². The maximum atomic E-state index is 12.8. The number of hydrogen-bond donors (Lipinski definition) is 0. The number of amides is 1. The van der Waals surface area contributed by atoms with E-state index in [1.165, 1.54) is 0 Å². The first-order valence-corrected chi connectivity index (χ1v) is 8.73. The van der Waals surface area contributed by atoms with Gasteiger partial charge in [-0.1, -0.05) is 30.3 Å². The van der Waals surface area contributed by atoms with E-state index in [9.17, 15) is 9.59 Å². The molecule has 136 valence electrons. The quantitative estimate of drug-likeness (QED) is 0.775. The number of carbonyl (C=O) groups excluding carboxylic acids is 2. The number of fused-ring (bicyclic) bond motifs is 1. The highest BCUT2D eigenvalue weighted by Gasteiger charge is 2.34. The van der Waals surface area contributed by atoms with Crippen molar-refractivity contribution in [2.45, 2.75) is 38.8 Å². The van der Waals surface area contributed by atoms with Crippen LogP contribution in [0.5, 0.6) is 5.75 Å². The van der Waals surface area contributed by atoms with Gasteiger partial charge in [0.15, 0.2) is 6.10 Å². The minimum absolute atomic E-state index is 0.0580. The number of ether oxygens (including phenoxy) is 2. The molecule has 1 amide bonds. The fourth-order valence-electron chi connectivity index (χ4n) is 3.30. The summed E-state index contributed by atoms with van der Waals surface area (Å²) in [6.45, 7) is 3.63. The average Bonchev–Trinajstić information content (AvgIpc) is 2.97. The molecule has 2 atom stereocenters. The molecule has 5 heteroatoms. The van der Waals surface area contributed by atoms with Crippen LogP contribution in [0.25, 0.3) is 0 Å². The molecule has 0 saturated carbocycles. The summed E-state index contributed by atoms with van der Waals surface area (Å²) >= 11 is 0. The van der Waals surface area contributed by atoms with Gasteiger partial charge >= 0.3 is 5.97 Å². The lowest BCUT2D eigenvalue weighted by molar-refractivity contribution is -0.153. The molecule has 0 N–H and O–H groups in total. The smallest absolute Gasteiger partial charge is 0.311 e. The van der Waals surface area contributed by atoms with Crippen LogP contribution in [0.4, 0.5) is 5.69 Å². The summed E-state index contributed by atoms with van der Waals surface area (Å²) in [7, 11) is 1.59. The highest BCUT2D eigenvalue weighted by Crippen LogP contribution is 2.32. The summed E-state index contributed by atoms with van der Waals surface area (Å²) in [4.78, 5) is 26.8. The number of hydrogen-bond acceptors (Lipinski definition) is 4. The van der Waals surface area contributed by atoms with Crippen molar-refractivity contribution in [3.8, 4) is 5.75 Å². The number of carbonyl (C=O) groups is 2. The third-order valence-electron chi connectivity index (χ3n) is 4.61. The Morgan fingerprint density at radius 2 is 1.85 bits per heavy atom. The molecule has 0 aromatic heterocycles. The van der Waals surface area contributed by atoms with Crippen molar-refractivity contribution >= 4 is 17.6 Å². The molecule has 0 saturated heterocycles. The zero-order valence-corrected chi connectivity index (χ0v) is 15.3. The first-order chi connectivity index (χ1) is 12.5. The highest BCUT2D eigenvalue weighted by molar-refractivity contribution is 5.99. The van der Waals surface area contributed by atoms with Gasteiger partial charge in [0.05, 0.1) is 13.5 Å². The van der Waals surface area contributed by atoms with Crippen molar-refractivity contribution in [3.63, 3.8) is 0 Å². The number of benzene rings is 2. The Balaban J connectivity index is 1.62. The van der Waals surface area contributed by atoms with Gasteiger partial charge < -0.3 is 14.4 Å². The van der Waals surface area contributed by atoms with Gasteiger partial charge in [0, 0.05) is 11.7 Å². The van der Waals surface area contributed by atoms with Crippen LogP contribution in [0.1, 0.15) is 25.0 Å². The van der Waals surface area contributed by atoms with Gasteiger partial charge in [-0.3, -0.25) is 9.59 Å². The second kappa shape index (κ2) is 7.60. The van der Waals surface area contributed by atoms with E-state index >= 15 is 0 Å². The van der Waals surface area contributed by atoms with Gasteiger partial charge in [0.1, 0.15) is 5.75 Å². The zero-order valence-electron chi connectivity index (χ0n) is 15.3. The van der Waals surface area contributed by atoms with Crippen LogP contribution in [0, 0.1) is 0 Å². The SMILES string of the molecule is COc1ccc(CC(=O)O[C@H](C)C(=O)N2c3ccccc3C[C@@H]2C)cc1. The van der Waals surface area contributed by atoms with Crippen LogP contribution in [0.15, 0.2) is 48.5 Å². The molecule has 5 nitrogen and oxygen atoms in total. The maximum absolute atomic E-state index is 12.8. The van der Waals surface area contributed by atoms with E-state index in [4.69, 9.17) is 9.47 Å². The van der Waals surface area contributed by atoms with E-state index in [2.05, 4.69) is 0 Å². The topological polar surface area (TPSA) is 55.8 Å². The number of para-hydroxylation sites is 1. The second-order valence-electron chi connectivity index (χ2n) is 6.55. The largest absolute Gasteiger partial charge is 0.497 e. The van der Waals surface area contributed by atoms with Crippen LogP contribution in [-0.2, 0) is 27.2 Å². The molecule has 1 heterocycles. The molecule has 0 aliphatic carbocycles. The molecule has 2 aromatic carbocycles. The lowest BCUT2D eigenvalue weighted by Gasteiger charge is -2.26. The molecular formula is C21H23NO4. The van der Waals surface area contributed by atoms with Crippen molar-refractivity contribution in [3.05, 3.63) is 59.7 Å². The molecule has 1 aliphatic heterocycles. The number of anilines is 1. The number of esters is 1. The van der Waals surface area contributed by atoms with E-state index in [1.54, 1.807) is 31.1 Å². The van der Waals surface area contributed by atoms with Gasteiger partial charge in [-0.05, 0) is 49.6 Å². The molecule has 2 aromatic rings. The Morgan fingerprint density at radius 3 is 2.54 bits per heavy atom. The summed E-state index contributed by atoms with van der Waals surface area (Å²) in [5.41, 5.74) is 2.86. The molecule has 1 aliphatic rings. The van der Waals surface area contributed by atoms with E-state index in [-0.39, 0.29) is 18.4 Å². The molecule has 0 fully saturated rings. The molecule has 0 spiro atoms. The summed E-state index contributed by atoms with van der Waals surface area (Å²) in [5, 5.41) is 0. The number of methoxy groups -OCH3 is 1. The Labute approximate surface area is 153 Å². The van der Waals surface area contributed by atoms with Crippen molar-refractivity contribution < 1.29 is 19.1 Å². The molecule has 0 unspecified atom stereocenters. The molecular weight excluding hydrogens is 330 g/mol. The highest BCUT2D eigenvalue weighted by atomic mass is 16.5. The predicted molar refractivity (Wildman–Crippen MR) is 99.3 cm³/mol. The van der Waals surface area contributed by atoms with Gasteiger partial charge in [-0.2, -0.15) is 0 Å². The fourth-order valence-corrected chi connectivity index (χ4v) is 3.30. The lowest BCUT2D eigenvalue weighted by atomic mass is 10.1. The Kier molecular flexibility index (Phi) is 5.26. The predicted octanol–water partition coefficient (Wildman–Crippen LogP) is 3.15. The summed E-state index contributed by atoms with van der Waals surface area (Å²) in [5.74, 6) is 0.119. The van der Waals surface area contributed by atoms with Gasteiger partial charge in [0.2, 0.25) is 0 Å². The normalized spacial score (nSPS) is 16.7. The van der Waals surface area contributed by atoms with E-state index in [0.717, 1.165) is 29.0 Å². The van der Waals surface area contributed by atoms with Crippen LogP contribution in [0.3, 0.4) is 0 Å². The number of nitrogens with zero attached hydrogens (tertiary/aromatic N) is 1. The fraction of sp³-hybridized carbons (Fsp3) is 0.333. The van der Waals surface area contributed by atoms with Crippen LogP contribution < -0.4 is 9.64 Å². The summed E-state index contributed by atoms with van der Waals surface area (Å²) < 4.78 is 10.5. The van der Waals surface area contributed by atoms with Crippen LogP contribution >= 0.6 is 0 Å². The van der Waals surface area contributed by atoms with E-state index < -0.39 is 12.1 Å². The van der Waals surface area contributed by atoms with E-state index in [1.807, 2.05) is 43.3 Å². The zero-order chi connectivity index (χ0) is 18.7. The van der Waals surface area contributed by atoms with Crippen molar-refractivity contribution in [1.82, 2.24) is 0 Å². The van der Waals surface area contributed by atoms with Crippen molar-refractivity contribution in [2.75, 3.05) is 12.0 Å². The van der Waals surface area contributed by atoms with Gasteiger partial charge in [0.25, 0.3) is 5.91 Å². The van der Waals surface area contributed by atoms with Crippen molar-refractivity contribution in [1.29, 1.82) is 0 Å². The monoisotopic (exact) mass is 353 g/mol. The third-order valence-corrected chi connectivity index (χ3v) is 4.61. The number of rotatable bonds is 5. The van der Waals surface area contributed by atoms with Gasteiger partial charge in [-0.15, -0.1) is 0 Å². The Hall–Kier alpha value is -2.82. The average molecular weight is 353 g/mol.